The number of aliphatic hydroxyl groups is 1. The second-order valence-electron chi connectivity index (χ2n) is 8.00. The molecule has 0 saturated heterocycles. The molecule has 1 saturated carbocycles. The number of benzene rings is 2. The summed E-state index contributed by atoms with van der Waals surface area (Å²) in [6.07, 6.45) is 3.21. The minimum Gasteiger partial charge on any atom is -0.507 e. The summed E-state index contributed by atoms with van der Waals surface area (Å²) in [5.74, 6) is 5.22. The van der Waals surface area contributed by atoms with E-state index >= 15 is 0 Å². The Kier molecular flexibility index (Phi) is 9.06. The second kappa shape index (κ2) is 11.4. The third-order valence-corrected chi connectivity index (χ3v) is 7.75. The van der Waals surface area contributed by atoms with Gasteiger partial charge in [-0.3, -0.25) is 4.52 Å². The number of aromatic hydroxyl groups is 1. The minimum atomic E-state index is -4.32. The number of hydrogen-bond acceptors (Lipinski definition) is 7. The highest BCUT2D eigenvalue weighted by molar-refractivity contribution is 7.99. The Morgan fingerprint density at radius 1 is 1.28 bits per heavy atom. The van der Waals surface area contributed by atoms with E-state index in [-0.39, 0.29) is 18.3 Å². The average molecular weight is 502 g/mol. The Morgan fingerprint density at radius 3 is 2.66 bits per heavy atom. The van der Waals surface area contributed by atoms with Crippen LogP contribution in [0.25, 0.3) is 0 Å². The van der Waals surface area contributed by atoms with Gasteiger partial charge in [0, 0.05) is 15.8 Å². The van der Waals surface area contributed by atoms with Gasteiger partial charge in [-0.15, -0.1) is 0 Å². The lowest BCUT2D eigenvalue weighted by Gasteiger charge is -2.22. The fourth-order valence-corrected chi connectivity index (χ4v) is 5.20. The van der Waals surface area contributed by atoms with E-state index in [0.717, 1.165) is 15.4 Å². The lowest BCUT2D eigenvalue weighted by molar-refractivity contribution is 0.0507. The molecule has 0 aromatic heterocycles. The number of phenols is 1. The molecule has 7 nitrogen and oxygen atoms in total. The van der Waals surface area contributed by atoms with Crippen LogP contribution in [0.4, 0.5) is 0 Å². The molecule has 0 heterocycles. The van der Waals surface area contributed by atoms with Crippen LogP contribution in [0.5, 0.6) is 5.75 Å². The van der Waals surface area contributed by atoms with Crippen molar-refractivity contribution in [3.05, 3.63) is 52.5 Å². The maximum absolute atomic E-state index is 11.5. The topological polar surface area (TPSA) is 122 Å². The molecule has 3 atom stereocenters. The Balaban J connectivity index is 1.64. The first-order valence-corrected chi connectivity index (χ1v) is 13.2. The van der Waals surface area contributed by atoms with E-state index in [1.807, 2.05) is 37.3 Å². The number of aryl methyl sites for hydroxylation is 1. The van der Waals surface area contributed by atoms with Gasteiger partial charge < -0.3 is 15.1 Å². The van der Waals surface area contributed by atoms with E-state index in [9.17, 15) is 19.7 Å². The Morgan fingerprint density at radius 2 is 2.03 bits per heavy atom. The van der Waals surface area contributed by atoms with E-state index < -0.39 is 13.9 Å². The van der Waals surface area contributed by atoms with Crippen molar-refractivity contribution >= 4 is 31.2 Å². The summed E-state index contributed by atoms with van der Waals surface area (Å²) in [7, 11) is -4.32. The predicted octanol–water partition coefficient (Wildman–Crippen LogP) is 5.40. The number of phosphoric ester groups is 1. The van der Waals surface area contributed by atoms with Crippen LogP contribution in [-0.4, -0.2) is 27.8 Å². The number of nitrogens with two attached hydrogens (primary N) is 1. The SMILES string of the molecule is CCC(O)C(CCc1ccc(Sc2cc(C3CC3)ccc2O)cc1Cl)COP(=O)(O)ON. The van der Waals surface area contributed by atoms with E-state index in [0.29, 0.717) is 30.2 Å². The third kappa shape index (κ3) is 7.20. The summed E-state index contributed by atoms with van der Waals surface area (Å²) in [5, 5.41) is 21.1. The van der Waals surface area contributed by atoms with Gasteiger partial charge >= 0.3 is 7.82 Å². The summed E-state index contributed by atoms with van der Waals surface area (Å²) in [4.78, 5) is 11.1. The molecule has 0 radical (unpaired) electrons. The van der Waals surface area contributed by atoms with Crippen LogP contribution >= 0.6 is 31.2 Å². The van der Waals surface area contributed by atoms with Crippen molar-refractivity contribution in [2.24, 2.45) is 11.8 Å². The smallest absolute Gasteiger partial charge is 0.488 e. The summed E-state index contributed by atoms with van der Waals surface area (Å²) in [5.41, 5.74) is 2.14. The molecule has 0 bridgehead atoms. The Bertz CT molecular complexity index is 973. The lowest BCUT2D eigenvalue weighted by Crippen LogP contribution is -2.25. The summed E-state index contributed by atoms with van der Waals surface area (Å²) in [6.45, 7) is 1.66. The highest BCUT2D eigenvalue weighted by atomic mass is 35.5. The van der Waals surface area contributed by atoms with E-state index in [4.69, 9.17) is 22.0 Å². The summed E-state index contributed by atoms with van der Waals surface area (Å²) < 4.78 is 20.3. The van der Waals surface area contributed by atoms with Crippen molar-refractivity contribution in [1.82, 2.24) is 0 Å². The van der Waals surface area contributed by atoms with Gasteiger partial charge in [0.15, 0.2) is 0 Å². The van der Waals surface area contributed by atoms with Crippen LogP contribution < -0.4 is 5.90 Å². The zero-order valence-electron chi connectivity index (χ0n) is 17.8. The minimum absolute atomic E-state index is 0.165. The molecule has 3 unspecified atom stereocenters. The van der Waals surface area contributed by atoms with Crippen molar-refractivity contribution in [2.45, 2.75) is 60.8 Å². The Labute approximate surface area is 197 Å². The number of phenolic OH excluding ortho intramolecular Hbond substituents is 1. The number of hydrogen-bond donors (Lipinski definition) is 4. The molecular weight excluding hydrogens is 473 g/mol. The van der Waals surface area contributed by atoms with Crippen LogP contribution in [-0.2, 0) is 20.1 Å². The van der Waals surface area contributed by atoms with Gasteiger partial charge in [0.05, 0.1) is 17.6 Å². The van der Waals surface area contributed by atoms with Gasteiger partial charge in [-0.05, 0) is 73.4 Å². The molecule has 2 aromatic rings. The van der Waals surface area contributed by atoms with Crippen LogP contribution in [0, 0.1) is 5.92 Å². The summed E-state index contributed by atoms with van der Waals surface area (Å²) in [6, 6.07) is 11.5. The molecule has 2 aromatic carbocycles. The molecule has 10 heteroatoms. The van der Waals surface area contributed by atoms with Crippen molar-refractivity contribution in [1.29, 1.82) is 0 Å². The van der Waals surface area contributed by atoms with Crippen LogP contribution in [0.15, 0.2) is 46.2 Å². The molecule has 0 amide bonds. The van der Waals surface area contributed by atoms with E-state index in [2.05, 4.69) is 4.62 Å². The fourth-order valence-electron chi connectivity index (χ4n) is 3.49. The van der Waals surface area contributed by atoms with Crippen molar-refractivity contribution in [3.63, 3.8) is 0 Å². The normalized spacial score (nSPS) is 17.7. The molecule has 1 aliphatic rings. The average Bonchev–Trinajstić information content (AvgIpc) is 3.61. The van der Waals surface area contributed by atoms with Gasteiger partial charge in [-0.1, -0.05) is 42.4 Å². The van der Waals surface area contributed by atoms with Crippen LogP contribution in [0.1, 0.15) is 49.7 Å². The Hall–Kier alpha value is -1.09. The number of aliphatic hydroxyl groups excluding tert-OH is 1. The standard InChI is InChI=1S/C22H29ClNO6PS/c1-2-20(25)17(13-29-31(27,28)30-24)6-5-15-7-9-18(12-19(15)23)32-22-11-16(14-3-4-14)8-10-21(22)26/h7-12,14,17,20,25-26H,2-6,13,24H2,1H3,(H,27,28). The first-order chi connectivity index (χ1) is 15.2. The third-order valence-electron chi connectivity index (χ3n) is 5.62. The van der Waals surface area contributed by atoms with Gasteiger partial charge in [-0.2, -0.15) is 0 Å². The quantitative estimate of drug-likeness (QED) is 0.225. The predicted molar refractivity (Wildman–Crippen MR) is 125 cm³/mol. The number of phosphoric acid groups is 1. The van der Waals surface area contributed by atoms with Crippen LogP contribution in [0.3, 0.4) is 0 Å². The first-order valence-electron chi connectivity index (χ1n) is 10.6. The zero-order valence-corrected chi connectivity index (χ0v) is 20.3. The molecule has 3 rings (SSSR count). The largest absolute Gasteiger partial charge is 0.507 e. The van der Waals surface area contributed by atoms with Gasteiger partial charge in [-0.25, -0.2) is 15.1 Å². The highest BCUT2D eigenvalue weighted by Gasteiger charge is 2.26. The monoisotopic (exact) mass is 501 g/mol. The maximum atomic E-state index is 11.5. The van der Waals surface area contributed by atoms with E-state index in [1.165, 1.54) is 30.2 Å². The first kappa shape index (κ1) is 25.5. The molecule has 5 N–H and O–H groups in total. The number of rotatable bonds is 12. The molecule has 32 heavy (non-hydrogen) atoms. The van der Waals surface area contributed by atoms with Crippen LogP contribution in [0.2, 0.25) is 5.02 Å². The van der Waals surface area contributed by atoms with Gasteiger partial charge in [0.1, 0.15) is 5.75 Å². The fraction of sp³-hybridized carbons (Fsp3) is 0.455. The molecule has 176 valence electrons. The zero-order chi connectivity index (χ0) is 23.3. The second-order valence-corrected chi connectivity index (χ2v) is 10.9. The van der Waals surface area contributed by atoms with Gasteiger partial charge in [0.25, 0.3) is 0 Å². The van der Waals surface area contributed by atoms with Crippen molar-refractivity contribution in [3.8, 4) is 5.75 Å². The maximum Gasteiger partial charge on any atom is 0.488 e. The van der Waals surface area contributed by atoms with Crippen molar-refractivity contribution < 1.29 is 28.8 Å². The highest BCUT2D eigenvalue weighted by Crippen LogP contribution is 2.44. The molecule has 0 aliphatic heterocycles. The van der Waals surface area contributed by atoms with Crippen molar-refractivity contribution in [2.75, 3.05) is 6.61 Å². The number of halogens is 1. The molecule has 1 aliphatic carbocycles. The van der Waals surface area contributed by atoms with Gasteiger partial charge in [0.2, 0.25) is 0 Å². The molecule has 1 fully saturated rings. The molecule has 0 spiro atoms. The van der Waals surface area contributed by atoms with E-state index in [1.54, 1.807) is 6.07 Å². The summed E-state index contributed by atoms with van der Waals surface area (Å²) >= 11 is 7.97. The lowest BCUT2D eigenvalue weighted by atomic mass is 9.94. The molecular formula is C22H29ClNO6PS.